The normalized spacial score (nSPS) is 30.3. The van der Waals surface area contributed by atoms with Crippen LogP contribution in [0.25, 0.3) is 0 Å². The van der Waals surface area contributed by atoms with Crippen molar-refractivity contribution in [3.63, 3.8) is 0 Å². The van der Waals surface area contributed by atoms with E-state index in [4.69, 9.17) is 0 Å². The van der Waals surface area contributed by atoms with Crippen molar-refractivity contribution in [3.05, 3.63) is 0 Å². The molecular formula is C16H30N2O. The van der Waals surface area contributed by atoms with Gasteiger partial charge in [-0.1, -0.05) is 46.5 Å². The number of hydrogen-bond acceptors (Lipinski definition) is 2. The molecule has 2 aliphatic rings. The van der Waals surface area contributed by atoms with Crippen LogP contribution in [0.3, 0.4) is 0 Å². The molecular weight excluding hydrogens is 236 g/mol. The molecule has 2 atom stereocenters. The van der Waals surface area contributed by atoms with Crippen molar-refractivity contribution < 1.29 is 4.79 Å². The molecule has 19 heavy (non-hydrogen) atoms. The minimum absolute atomic E-state index is 0.0786. The lowest BCUT2D eigenvalue weighted by atomic mass is 9.88. The standard InChI is InChI=1S/C16H30N2O/c1-4-6-9-13-15(19)18(14(5-2)17-13)12-16(3)10-7-8-11-16/h13-14,17H,4-12H2,1-3H3. The number of hydrogen-bond donors (Lipinski definition) is 1. The average Bonchev–Trinajstić information content (AvgIpc) is 2.94. The van der Waals surface area contributed by atoms with Crippen molar-refractivity contribution in [1.82, 2.24) is 10.2 Å². The van der Waals surface area contributed by atoms with Gasteiger partial charge in [0.2, 0.25) is 5.91 Å². The van der Waals surface area contributed by atoms with Crippen LogP contribution in [0.2, 0.25) is 0 Å². The molecule has 1 saturated carbocycles. The first kappa shape index (κ1) is 14.8. The molecule has 2 unspecified atom stereocenters. The Bertz CT molecular complexity index is 310. The highest BCUT2D eigenvalue weighted by Gasteiger charge is 2.41. The maximum atomic E-state index is 12.6. The van der Waals surface area contributed by atoms with Gasteiger partial charge in [0.05, 0.1) is 12.2 Å². The Balaban J connectivity index is 1.99. The highest BCUT2D eigenvalue weighted by molar-refractivity contribution is 5.84. The SMILES string of the molecule is CCCCC1NC(CC)N(CC2(C)CCCC2)C1=O. The van der Waals surface area contributed by atoms with E-state index in [0.29, 0.717) is 11.3 Å². The Labute approximate surface area is 118 Å². The molecule has 0 aromatic heterocycles. The van der Waals surface area contributed by atoms with Crippen LogP contribution in [0.4, 0.5) is 0 Å². The molecule has 0 aromatic carbocycles. The van der Waals surface area contributed by atoms with Crippen molar-refractivity contribution in [2.75, 3.05) is 6.54 Å². The van der Waals surface area contributed by atoms with Gasteiger partial charge in [-0.05, 0) is 31.1 Å². The molecule has 0 bridgehead atoms. The molecule has 0 aromatic rings. The highest BCUT2D eigenvalue weighted by atomic mass is 16.2. The zero-order valence-electron chi connectivity index (χ0n) is 12.9. The molecule has 1 saturated heterocycles. The third-order valence-electron chi connectivity index (χ3n) is 4.95. The van der Waals surface area contributed by atoms with Crippen LogP contribution in [0.1, 0.15) is 72.1 Å². The Morgan fingerprint density at radius 2 is 2.00 bits per heavy atom. The summed E-state index contributed by atoms with van der Waals surface area (Å²) in [7, 11) is 0. The van der Waals surface area contributed by atoms with Gasteiger partial charge in [-0.25, -0.2) is 0 Å². The van der Waals surface area contributed by atoms with Gasteiger partial charge in [0, 0.05) is 6.54 Å². The number of unbranched alkanes of at least 4 members (excludes halogenated alkanes) is 1. The molecule has 1 amide bonds. The summed E-state index contributed by atoms with van der Waals surface area (Å²) in [6.07, 6.45) is 9.84. The van der Waals surface area contributed by atoms with Crippen LogP contribution >= 0.6 is 0 Å². The first-order valence-corrected chi connectivity index (χ1v) is 8.16. The maximum Gasteiger partial charge on any atom is 0.241 e. The van der Waals surface area contributed by atoms with E-state index in [2.05, 4.69) is 31.0 Å². The molecule has 1 aliphatic heterocycles. The fraction of sp³-hybridized carbons (Fsp3) is 0.938. The molecule has 2 fully saturated rings. The number of nitrogens with zero attached hydrogens (tertiary/aromatic N) is 1. The molecule has 2 rings (SSSR count). The van der Waals surface area contributed by atoms with E-state index in [0.717, 1.165) is 25.8 Å². The van der Waals surface area contributed by atoms with Gasteiger partial charge in [0.25, 0.3) is 0 Å². The van der Waals surface area contributed by atoms with Crippen LogP contribution in [-0.4, -0.2) is 29.6 Å². The van der Waals surface area contributed by atoms with E-state index < -0.39 is 0 Å². The van der Waals surface area contributed by atoms with Crippen LogP contribution < -0.4 is 5.32 Å². The van der Waals surface area contributed by atoms with Crippen LogP contribution in [-0.2, 0) is 4.79 Å². The third-order valence-corrected chi connectivity index (χ3v) is 4.95. The summed E-state index contributed by atoms with van der Waals surface area (Å²) in [5.74, 6) is 0.355. The minimum atomic E-state index is 0.0786. The quantitative estimate of drug-likeness (QED) is 0.800. The van der Waals surface area contributed by atoms with Gasteiger partial charge >= 0.3 is 0 Å². The highest BCUT2D eigenvalue weighted by Crippen LogP contribution is 2.39. The summed E-state index contributed by atoms with van der Waals surface area (Å²) >= 11 is 0. The predicted octanol–water partition coefficient (Wildman–Crippen LogP) is 3.29. The molecule has 0 spiro atoms. The van der Waals surface area contributed by atoms with Crippen LogP contribution in [0.5, 0.6) is 0 Å². The molecule has 1 heterocycles. The van der Waals surface area contributed by atoms with E-state index >= 15 is 0 Å². The number of rotatable bonds is 6. The molecule has 3 nitrogen and oxygen atoms in total. The van der Waals surface area contributed by atoms with E-state index in [9.17, 15) is 4.79 Å². The topological polar surface area (TPSA) is 32.3 Å². The Hall–Kier alpha value is -0.570. The van der Waals surface area contributed by atoms with Crippen molar-refractivity contribution in [2.45, 2.75) is 84.3 Å². The van der Waals surface area contributed by atoms with Gasteiger partial charge in [-0.3, -0.25) is 10.1 Å². The Morgan fingerprint density at radius 3 is 2.58 bits per heavy atom. The summed E-state index contributed by atoms with van der Waals surface area (Å²) < 4.78 is 0. The number of carbonyl (C=O) groups excluding carboxylic acids is 1. The van der Waals surface area contributed by atoms with Crippen molar-refractivity contribution in [2.24, 2.45) is 5.41 Å². The Morgan fingerprint density at radius 1 is 1.32 bits per heavy atom. The largest absolute Gasteiger partial charge is 0.325 e. The average molecular weight is 266 g/mol. The lowest BCUT2D eigenvalue weighted by molar-refractivity contribution is -0.131. The fourth-order valence-corrected chi connectivity index (χ4v) is 3.69. The maximum absolute atomic E-state index is 12.6. The fourth-order valence-electron chi connectivity index (χ4n) is 3.69. The number of amides is 1. The summed E-state index contributed by atoms with van der Waals surface area (Å²) in [5.41, 5.74) is 0.365. The van der Waals surface area contributed by atoms with Gasteiger partial charge in [0.1, 0.15) is 0 Å². The number of carbonyl (C=O) groups is 1. The van der Waals surface area contributed by atoms with Crippen molar-refractivity contribution >= 4 is 5.91 Å². The van der Waals surface area contributed by atoms with Gasteiger partial charge in [-0.15, -0.1) is 0 Å². The molecule has 1 aliphatic carbocycles. The van der Waals surface area contributed by atoms with E-state index in [1.54, 1.807) is 0 Å². The van der Waals surface area contributed by atoms with E-state index in [-0.39, 0.29) is 12.2 Å². The smallest absolute Gasteiger partial charge is 0.241 e. The second kappa shape index (κ2) is 6.25. The third kappa shape index (κ3) is 3.31. The monoisotopic (exact) mass is 266 g/mol. The first-order chi connectivity index (χ1) is 9.09. The van der Waals surface area contributed by atoms with E-state index in [1.807, 2.05) is 0 Å². The first-order valence-electron chi connectivity index (χ1n) is 8.16. The van der Waals surface area contributed by atoms with Crippen LogP contribution in [0.15, 0.2) is 0 Å². The predicted molar refractivity (Wildman–Crippen MR) is 78.8 cm³/mol. The Kier molecular flexibility index (Phi) is 4.88. The van der Waals surface area contributed by atoms with Gasteiger partial charge < -0.3 is 4.90 Å². The molecule has 110 valence electrons. The summed E-state index contributed by atoms with van der Waals surface area (Å²) in [4.78, 5) is 14.7. The second-order valence-electron chi connectivity index (χ2n) is 6.77. The van der Waals surface area contributed by atoms with Gasteiger partial charge in [-0.2, -0.15) is 0 Å². The van der Waals surface area contributed by atoms with Crippen molar-refractivity contribution in [1.29, 1.82) is 0 Å². The molecule has 1 N–H and O–H groups in total. The van der Waals surface area contributed by atoms with Crippen LogP contribution in [0, 0.1) is 5.41 Å². The lowest BCUT2D eigenvalue weighted by Gasteiger charge is -2.33. The molecule has 3 heteroatoms. The van der Waals surface area contributed by atoms with E-state index in [1.165, 1.54) is 32.1 Å². The lowest BCUT2D eigenvalue weighted by Crippen LogP contribution is -2.42. The van der Waals surface area contributed by atoms with Gasteiger partial charge in [0.15, 0.2) is 0 Å². The summed E-state index contributed by atoms with van der Waals surface area (Å²) in [6.45, 7) is 7.69. The zero-order chi connectivity index (χ0) is 13.9. The summed E-state index contributed by atoms with van der Waals surface area (Å²) in [6, 6.07) is 0.0786. The second-order valence-corrected chi connectivity index (χ2v) is 6.77. The number of nitrogens with one attached hydrogen (secondary N) is 1. The minimum Gasteiger partial charge on any atom is -0.325 e. The summed E-state index contributed by atoms with van der Waals surface area (Å²) in [5, 5.41) is 3.54. The zero-order valence-corrected chi connectivity index (χ0v) is 12.9. The molecule has 0 radical (unpaired) electrons. The van der Waals surface area contributed by atoms with Crippen molar-refractivity contribution in [3.8, 4) is 0 Å².